The van der Waals surface area contributed by atoms with E-state index in [1.807, 2.05) is 26.0 Å². The molecule has 1 N–H and O–H groups in total. The molecule has 8 nitrogen and oxygen atoms in total. The normalized spacial score (nSPS) is 14.4. The van der Waals surface area contributed by atoms with E-state index in [0.717, 1.165) is 23.5 Å². The Morgan fingerprint density at radius 1 is 1.20 bits per heavy atom. The monoisotopic (exact) mass is 474 g/mol. The number of benzene rings is 1. The van der Waals surface area contributed by atoms with E-state index >= 15 is 0 Å². The number of nitrogens with zero attached hydrogens (tertiary/aromatic N) is 3. The van der Waals surface area contributed by atoms with Crippen LogP contribution in [0.15, 0.2) is 40.3 Å². The number of nitrogens with one attached hydrogen (secondary N) is 1. The van der Waals surface area contributed by atoms with Crippen LogP contribution in [0.2, 0.25) is 0 Å². The number of ether oxygens (including phenoxy) is 1. The van der Waals surface area contributed by atoms with Gasteiger partial charge in [0.15, 0.2) is 0 Å². The molecule has 0 aliphatic carbocycles. The molecule has 2 aromatic heterocycles. The van der Waals surface area contributed by atoms with Crippen molar-refractivity contribution in [3.05, 3.63) is 58.6 Å². The number of nitriles is 1. The summed E-state index contributed by atoms with van der Waals surface area (Å²) in [4.78, 5) is 28.1. The second-order valence-electron chi connectivity index (χ2n) is 9.16. The minimum atomic E-state index is -0.594. The van der Waals surface area contributed by atoms with Gasteiger partial charge in [-0.1, -0.05) is 26.0 Å². The third kappa shape index (κ3) is 5.00. The third-order valence-electron chi connectivity index (χ3n) is 6.15. The van der Waals surface area contributed by atoms with Crippen LogP contribution >= 0.6 is 0 Å². The van der Waals surface area contributed by atoms with E-state index < -0.39 is 5.91 Å². The SMILES string of the molecule is Cc1cc(/C=C(\C#N)C(=O)Nc2c(C(=O)N3CCOCC3)oc3ccccc23)c(C)n1CC(C)C. The predicted octanol–water partition coefficient (Wildman–Crippen LogP) is 4.53. The maximum absolute atomic E-state index is 13.2. The number of rotatable bonds is 6. The Morgan fingerprint density at radius 3 is 2.60 bits per heavy atom. The van der Waals surface area contributed by atoms with Crippen LogP contribution in [0.4, 0.5) is 5.69 Å². The molecule has 4 rings (SSSR count). The van der Waals surface area contributed by atoms with Gasteiger partial charge < -0.3 is 23.9 Å². The molecule has 1 fully saturated rings. The van der Waals surface area contributed by atoms with Crippen LogP contribution in [0.1, 0.15) is 41.4 Å². The topological polar surface area (TPSA) is 100 Å². The number of hydrogen-bond acceptors (Lipinski definition) is 5. The first-order valence-electron chi connectivity index (χ1n) is 11.8. The highest BCUT2D eigenvalue weighted by molar-refractivity contribution is 6.16. The molecule has 0 spiro atoms. The van der Waals surface area contributed by atoms with Crippen LogP contribution < -0.4 is 5.32 Å². The maximum Gasteiger partial charge on any atom is 0.291 e. The highest BCUT2D eigenvalue weighted by Crippen LogP contribution is 2.32. The summed E-state index contributed by atoms with van der Waals surface area (Å²) in [6.45, 7) is 10.9. The van der Waals surface area contributed by atoms with Crippen molar-refractivity contribution in [1.82, 2.24) is 9.47 Å². The Balaban J connectivity index is 1.67. The van der Waals surface area contributed by atoms with Crippen LogP contribution in [-0.4, -0.2) is 47.6 Å². The van der Waals surface area contributed by atoms with Gasteiger partial charge in [-0.15, -0.1) is 0 Å². The lowest BCUT2D eigenvalue weighted by Gasteiger charge is -2.26. The first-order chi connectivity index (χ1) is 16.8. The summed E-state index contributed by atoms with van der Waals surface area (Å²) < 4.78 is 13.4. The van der Waals surface area contributed by atoms with Gasteiger partial charge in [0.05, 0.1) is 13.2 Å². The van der Waals surface area contributed by atoms with Crippen molar-refractivity contribution in [3.63, 3.8) is 0 Å². The number of aromatic nitrogens is 1. The summed E-state index contributed by atoms with van der Waals surface area (Å²) in [6, 6.07) is 11.1. The molecule has 0 atom stereocenters. The van der Waals surface area contributed by atoms with E-state index in [0.29, 0.717) is 43.2 Å². The van der Waals surface area contributed by atoms with Crippen molar-refractivity contribution in [1.29, 1.82) is 5.26 Å². The van der Waals surface area contributed by atoms with Crippen molar-refractivity contribution in [3.8, 4) is 6.07 Å². The number of carbonyl (C=O) groups excluding carboxylic acids is 2. The largest absolute Gasteiger partial charge is 0.449 e. The molecule has 1 aromatic carbocycles. The summed E-state index contributed by atoms with van der Waals surface area (Å²) >= 11 is 0. The third-order valence-corrected chi connectivity index (χ3v) is 6.15. The summed E-state index contributed by atoms with van der Waals surface area (Å²) in [5, 5.41) is 13.2. The zero-order valence-electron chi connectivity index (χ0n) is 20.6. The standard InChI is InChI=1S/C27H30N4O4/c1-17(2)16-31-18(3)13-20(19(31)4)14-21(15-28)26(32)29-24-22-7-5-6-8-23(22)35-25(24)27(33)30-9-11-34-12-10-30/h5-8,13-14,17H,9-12,16H2,1-4H3,(H,29,32)/b21-14+. The number of para-hydroxylation sites is 1. The highest BCUT2D eigenvalue weighted by Gasteiger charge is 2.28. The minimum absolute atomic E-state index is 0.0499. The molecule has 0 bridgehead atoms. The smallest absolute Gasteiger partial charge is 0.291 e. The second-order valence-corrected chi connectivity index (χ2v) is 9.16. The lowest BCUT2D eigenvalue weighted by molar-refractivity contribution is -0.112. The van der Waals surface area contributed by atoms with Crippen molar-refractivity contribution < 1.29 is 18.7 Å². The Labute approximate surface area is 204 Å². The summed E-state index contributed by atoms with van der Waals surface area (Å²) in [5.74, 6) is -0.399. The fraction of sp³-hybridized carbons (Fsp3) is 0.370. The fourth-order valence-electron chi connectivity index (χ4n) is 4.34. The lowest BCUT2D eigenvalue weighted by Crippen LogP contribution is -2.40. The molecular weight excluding hydrogens is 444 g/mol. The van der Waals surface area contributed by atoms with Crippen molar-refractivity contribution in [2.75, 3.05) is 31.6 Å². The van der Waals surface area contributed by atoms with Crippen LogP contribution in [0.3, 0.4) is 0 Å². The fourth-order valence-corrected chi connectivity index (χ4v) is 4.34. The minimum Gasteiger partial charge on any atom is -0.449 e. The predicted molar refractivity (Wildman–Crippen MR) is 134 cm³/mol. The second kappa shape index (κ2) is 10.2. The van der Waals surface area contributed by atoms with Gasteiger partial charge in [0.25, 0.3) is 11.8 Å². The molecule has 1 aliphatic heterocycles. The molecule has 182 valence electrons. The molecule has 0 unspecified atom stereocenters. The van der Waals surface area contributed by atoms with Crippen LogP contribution in [0.5, 0.6) is 0 Å². The van der Waals surface area contributed by atoms with E-state index in [4.69, 9.17) is 9.15 Å². The van der Waals surface area contributed by atoms with E-state index in [2.05, 4.69) is 23.7 Å². The van der Waals surface area contributed by atoms with Crippen LogP contribution in [-0.2, 0) is 16.1 Å². The molecule has 8 heteroatoms. The number of morpholine rings is 1. The molecule has 1 aliphatic rings. The number of hydrogen-bond donors (Lipinski definition) is 1. The molecule has 0 radical (unpaired) electrons. The van der Waals surface area contributed by atoms with Gasteiger partial charge >= 0.3 is 0 Å². The van der Waals surface area contributed by atoms with Gasteiger partial charge in [-0.3, -0.25) is 9.59 Å². The molecule has 3 heterocycles. The number of fused-ring (bicyclic) bond motifs is 1. The van der Waals surface area contributed by atoms with Gasteiger partial charge in [0.2, 0.25) is 5.76 Å². The lowest BCUT2D eigenvalue weighted by atomic mass is 10.1. The number of carbonyl (C=O) groups is 2. The molecule has 3 aromatic rings. The van der Waals surface area contributed by atoms with Crippen molar-refractivity contribution in [2.24, 2.45) is 5.92 Å². The molecule has 35 heavy (non-hydrogen) atoms. The van der Waals surface area contributed by atoms with Gasteiger partial charge in [-0.25, -0.2) is 0 Å². The highest BCUT2D eigenvalue weighted by atomic mass is 16.5. The first kappa shape index (κ1) is 24.3. The van der Waals surface area contributed by atoms with Gasteiger partial charge in [-0.05, 0) is 49.6 Å². The number of anilines is 1. The zero-order chi connectivity index (χ0) is 25.1. The van der Waals surface area contributed by atoms with Crippen LogP contribution in [0, 0.1) is 31.1 Å². The Hall–Kier alpha value is -3.83. The Bertz CT molecular complexity index is 1330. The number of furan rings is 1. The van der Waals surface area contributed by atoms with Crippen molar-refractivity contribution in [2.45, 2.75) is 34.2 Å². The van der Waals surface area contributed by atoms with E-state index in [1.54, 1.807) is 35.2 Å². The number of amides is 2. The quantitative estimate of drug-likeness (QED) is 0.418. The molecule has 0 saturated carbocycles. The summed E-state index contributed by atoms with van der Waals surface area (Å²) in [6.07, 6.45) is 1.60. The Kier molecular flexibility index (Phi) is 7.08. The number of aryl methyl sites for hydroxylation is 1. The first-order valence-corrected chi connectivity index (χ1v) is 11.8. The molecular formula is C27H30N4O4. The van der Waals surface area contributed by atoms with E-state index in [9.17, 15) is 14.9 Å². The molecule has 1 saturated heterocycles. The maximum atomic E-state index is 13.2. The van der Waals surface area contributed by atoms with Gasteiger partial charge in [-0.2, -0.15) is 5.26 Å². The van der Waals surface area contributed by atoms with Gasteiger partial charge in [0, 0.05) is 36.4 Å². The average molecular weight is 475 g/mol. The van der Waals surface area contributed by atoms with Crippen molar-refractivity contribution >= 4 is 34.5 Å². The van der Waals surface area contributed by atoms with E-state index in [-0.39, 0.29) is 22.9 Å². The van der Waals surface area contributed by atoms with Gasteiger partial charge in [0.1, 0.15) is 22.9 Å². The zero-order valence-corrected chi connectivity index (χ0v) is 20.6. The molecule has 2 amide bonds. The summed E-state index contributed by atoms with van der Waals surface area (Å²) in [7, 11) is 0. The van der Waals surface area contributed by atoms with Crippen LogP contribution in [0.25, 0.3) is 17.0 Å². The summed E-state index contributed by atoms with van der Waals surface area (Å²) in [5.41, 5.74) is 3.59. The Morgan fingerprint density at radius 2 is 1.91 bits per heavy atom. The van der Waals surface area contributed by atoms with E-state index in [1.165, 1.54) is 0 Å². The average Bonchev–Trinajstić information content (AvgIpc) is 3.34.